The van der Waals surface area contributed by atoms with Crippen molar-refractivity contribution in [3.8, 4) is 0 Å². The van der Waals surface area contributed by atoms with Crippen molar-refractivity contribution < 1.29 is 76.1 Å². The molecule has 0 radical (unpaired) electrons. The summed E-state index contributed by atoms with van der Waals surface area (Å²) in [4.78, 5) is 69.3. The SMILES string of the molecule is CC(=O)OC[C@@H](OC(C)=O)[C@H]1OC[C@H](OC/C=C/CO[C@H]2CO[C@H]([C@@H](COC(C)=O)OC(C)=O)[C@@H]2OC(C)=O)[C@H]1OC(C)=O. The topological polar surface area (TPSA) is 195 Å². The van der Waals surface area contributed by atoms with E-state index < -0.39 is 84.6 Å². The third kappa shape index (κ3) is 12.6. The average molecular weight is 633 g/mol. The molecule has 2 aliphatic heterocycles. The molecule has 2 saturated heterocycles. The van der Waals surface area contributed by atoms with Gasteiger partial charge in [-0.15, -0.1) is 0 Å². The molecule has 2 fully saturated rings. The van der Waals surface area contributed by atoms with Gasteiger partial charge in [0.2, 0.25) is 0 Å². The first-order valence-corrected chi connectivity index (χ1v) is 13.8. The number of hydrogen-bond acceptors (Lipinski definition) is 16. The molecule has 0 aliphatic carbocycles. The molecule has 2 rings (SSSR count). The second kappa shape index (κ2) is 18.3. The summed E-state index contributed by atoms with van der Waals surface area (Å²) in [6, 6.07) is 0. The lowest BCUT2D eigenvalue weighted by Gasteiger charge is -2.28. The van der Waals surface area contributed by atoms with Gasteiger partial charge >= 0.3 is 35.8 Å². The van der Waals surface area contributed by atoms with E-state index in [4.69, 9.17) is 47.4 Å². The van der Waals surface area contributed by atoms with Crippen molar-refractivity contribution in [3.05, 3.63) is 12.2 Å². The zero-order chi connectivity index (χ0) is 32.8. The van der Waals surface area contributed by atoms with Gasteiger partial charge < -0.3 is 47.4 Å². The number of carbonyl (C=O) groups is 6. The van der Waals surface area contributed by atoms with Crippen molar-refractivity contribution in [1.29, 1.82) is 0 Å². The fourth-order valence-electron chi connectivity index (χ4n) is 4.52. The molecule has 0 bridgehead atoms. The van der Waals surface area contributed by atoms with Crippen LogP contribution in [0.25, 0.3) is 0 Å². The molecule has 2 aliphatic rings. The molecule has 0 spiro atoms. The maximum Gasteiger partial charge on any atom is 0.303 e. The predicted octanol–water partition coefficient (Wildman–Crippen LogP) is -0.0364. The number of carbonyl (C=O) groups excluding carboxylic acids is 6. The van der Waals surface area contributed by atoms with Crippen LogP contribution in [0, 0.1) is 0 Å². The molecule has 0 amide bonds. The van der Waals surface area contributed by atoms with Crippen LogP contribution in [0.15, 0.2) is 12.2 Å². The van der Waals surface area contributed by atoms with Gasteiger partial charge in [0.25, 0.3) is 0 Å². The van der Waals surface area contributed by atoms with Crippen LogP contribution < -0.4 is 0 Å². The first-order chi connectivity index (χ1) is 20.8. The van der Waals surface area contributed by atoms with Crippen LogP contribution in [0.1, 0.15) is 41.5 Å². The monoisotopic (exact) mass is 632 g/mol. The molecular formula is C28H40O16. The molecule has 0 aromatic heterocycles. The summed E-state index contributed by atoms with van der Waals surface area (Å²) >= 11 is 0. The van der Waals surface area contributed by atoms with Gasteiger partial charge in [-0.1, -0.05) is 12.2 Å². The highest BCUT2D eigenvalue weighted by Gasteiger charge is 2.48. The lowest BCUT2D eigenvalue weighted by Crippen LogP contribution is -2.46. The van der Waals surface area contributed by atoms with Crippen molar-refractivity contribution in [1.82, 2.24) is 0 Å². The first-order valence-electron chi connectivity index (χ1n) is 13.8. The minimum absolute atomic E-state index is 0.00645. The van der Waals surface area contributed by atoms with E-state index in [1.54, 1.807) is 12.2 Å². The molecule has 44 heavy (non-hydrogen) atoms. The van der Waals surface area contributed by atoms with E-state index >= 15 is 0 Å². The third-order valence-electron chi connectivity index (χ3n) is 6.14. The highest BCUT2D eigenvalue weighted by atomic mass is 16.7. The van der Waals surface area contributed by atoms with Crippen LogP contribution in [0.2, 0.25) is 0 Å². The zero-order valence-electron chi connectivity index (χ0n) is 25.5. The van der Waals surface area contributed by atoms with Crippen molar-refractivity contribution in [2.24, 2.45) is 0 Å². The molecule has 0 N–H and O–H groups in total. The Kier molecular flexibility index (Phi) is 15.2. The van der Waals surface area contributed by atoms with Gasteiger partial charge in [0, 0.05) is 41.5 Å². The zero-order valence-corrected chi connectivity index (χ0v) is 25.5. The molecular weight excluding hydrogens is 592 g/mol. The highest BCUT2D eigenvalue weighted by molar-refractivity contribution is 5.68. The number of rotatable bonds is 16. The van der Waals surface area contributed by atoms with Crippen LogP contribution >= 0.6 is 0 Å². The molecule has 0 aromatic carbocycles. The maximum atomic E-state index is 11.8. The van der Waals surface area contributed by atoms with Crippen LogP contribution in [0.5, 0.6) is 0 Å². The molecule has 248 valence electrons. The molecule has 2 heterocycles. The minimum atomic E-state index is -1.03. The van der Waals surface area contributed by atoms with Crippen molar-refractivity contribution >= 4 is 35.8 Å². The van der Waals surface area contributed by atoms with E-state index in [0.29, 0.717) is 0 Å². The smallest absolute Gasteiger partial charge is 0.303 e. The summed E-state index contributed by atoms with van der Waals surface area (Å²) in [5.41, 5.74) is 0. The maximum absolute atomic E-state index is 11.8. The highest BCUT2D eigenvalue weighted by Crippen LogP contribution is 2.27. The lowest BCUT2D eigenvalue weighted by molar-refractivity contribution is -0.175. The van der Waals surface area contributed by atoms with E-state index in [1.165, 1.54) is 41.5 Å². The quantitative estimate of drug-likeness (QED) is 0.125. The molecule has 0 aromatic rings. The van der Waals surface area contributed by atoms with Gasteiger partial charge in [-0.05, 0) is 0 Å². The van der Waals surface area contributed by atoms with Gasteiger partial charge in [0.05, 0.1) is 26.4 Å². The van der Waals surface area contributed by atoms with Crippen molar-refractivity contribution in [2.75, 3.05) is 39.6 Å². The Morgan fingerprint density at radius 3 is 1.25 bits per heavy atom. The Balaban J connectivity index is 1.96. The summed E-state index contributed by atoms with van der Waals surface area (Å²) in [6.45, 7) is 6.71. The van der Waals surface area contributed by atoms with Gasteiger partial charge in [0.1, 0.15) is 37.6 Å². The third-order valence-corrected chi connectivity index (χ3v) is 6.14. The Hall–Kier alpha value is -3.60. The van der Waals surface area contributed by atoms with E-state index in [-0.39, 0.29) is 39.6 Å². The summed E-state index contributed by atoms with van der Waals surface area (Å²) in [5.74, 6) is -3.67. The Morgan fingerprint density at radius 2 is 0.955 bits per heavy atom. The van der Waals surface area contributed by atoms with Crippen LogP contribution in [-0.4, -0.2) is 124 Å². The average Bonchev–Trinajstić information content (AvgIpc) is 3.48. The number of esters is 6. The molecule has 0 unspecified atom stereocenters. The second-order valence-electron chi connectivity index (χ2n) is 9.86. The molecule has 8 atom stereocenters. The Morgan fingerprint density at radius 1 is 0.591 bits per heavy atom. The van der Waals surface area contributed by atoms with Crippen molar-refractivity contribution in [2.45, 2.75) is 90.4 Å². The Bertz CT molecular complexity index is 961. The summed E-state index contributed by atoms with van der Waals surface area (Å²) < 4.78 is 54.3. The fraction of sp³-hybridized carbons (Fsp3) is 0.714. The van der Waals surface area contributed by atoms with Crippen LogP contribution in [0.4, 0.5) is 0 Å². The Labute approximate surface area is 254 Å². The lowest BCUT2D eigenvalue weighted by atomic mass is 10.1. The van der Waals surface area contributed by atoms with Gasteiger partial charge in [0.15, 0.2) is 24.4 Å². The second-order valence-corrected chi connectivity index (χ2v) is 9.86. The van der Waals surface area contributed by atoms with E-state index in [0.717, 1.165) is 0 Å². The first kappa shape index (κ1) is 36.6. The largest absolute Gasteiger partial charge is 0.462 e. The normalized spacial score (nSPS) is 26.0. The van der Waals surface area contributed by atoms with Gasteiger partial charge in [-0.2, -0.15) is 0 Å². The summed E-state index contributed by atoms with van der Waals surface area (Å²) in [7, 11) is 0. The van der Waals surface area contributed by atoms with E-state index in [9.17, 15) is 28.8 Å². The minimum Gasteiger partial charge on any atom is -0.462 e. The number of hydrogen-bond donors (Lipinski definition) is 0. The van der Waals surface area contributed by atoms with Crippen molar-refractivity contribution in [3.63, 3.8) is 0 Å². The van der Waals surface area contributed by atoms with Gasteiger partial charge in [-0.3, -0.25) is 28.8 Å². The summed E-state index contributed by atoms with van der Waals surface area (Å²) in [5, 5.41) is 0. The number of ether oxygens (including phenoxy) is 10. The van der Waals surface area contributed by atoms with E-state index in [2.05, 4.69) is 0 Å². The standard InChI is InChI=1S/C28H40O16/c1-15(29)37-13-23(41-17(3)31)25-27(43-19(5)33)21(11-39-25)35-9-7-8-10-36-22-12-40-26(28(22)44-20(6)34)24(42-18(4)32)14-38-16(2)30/h7-8,21-28H,9-14H2,1-6H3/b8-7+/t21-,22-,23+,24+,25+,26+,27+,28+/m0/s1. The molecule has 0 saturated carbocycles. The van der Waals surface area contributed by atoms with E-state index in [1.807, 2.05) is 0 Å². The van der Waals surface area contributed by atoms with Crippen LogP contribution in [-0.2, 0) is 76.1 Å². The molecule has 16 nitrogen and oxygen atoms in total. The summed E-state index contributed by atoms with van der Waals surface area (Å²) in [6.07, 6.45) is -4.03. The predicted molar refractivity (Wildman–Crippen MR) is 144 cm³/mol. The van der Waals surface area contributed by atoms with Gasteiger partial charge in [-0.25, -0.2) is 0 Å². The molecule has 16 heteroatoms. The van der Waals surface area contributed by atoms with Crippen LogP contribution in [0.3, 0.4) is 0 Å². The fourth-order valence-corrected chi connectivity index (χ4v) is 4.52.